The third-order valence-corrected chi connectivity index (χ3v) is 4.22. The fraction of sp³-hybridized carbons (Fsp3) is 0.700. The Bertz CT molecular complexity index is 406. The molecule has 1 aromatic rings. The van der Waals surface area contributed by atoms with Gasteiger partial charge in [0.2, 0.25) is 0 Å². The molecular weight excluding hydrogens is 286 g/mol. The average Bonchev–Trinajstić information content (AvgIpc) is 2.59. The summed E-state index contributed by atoms with van der Waals surface area (Å²) in [5.41, 5.74) is 0.395. The summed E-state index contributed by atoms with van der Waals surface area (Å²) in [6.07, 6.45) is 16.0. The molecule has 0 amide bonds. The van der Waals surface area contributed by atoms with Crippen LogP contribution in [0.25, 0.3) is 0 Å². The Morgan fingerprint density at radius 2 is 1.30 bits per heavy atom. The zero-order valence-electron chi connectivity index (χ0n) is 14.8. The molecule has 1 aromatic carbocycles. The average molecular weight is 319 g/mol. The van der Waals surface area contributed by atoms with Crippen molar-refractivity contribution in [2.45, 2.75) is 84.0 Å². The Morgan fingerprint density at radius 1 is 0.783 bits per heavy atom. The summed E-state index contributed by atoms with van der Waals surface area (Å²) in [6.45, 7) is 2.94. The lowest BCUT2D eigenvalue weighted by Crippen LogP contribution is -1.97. The van der Waals surface area contributed by atoms with Gasteiger partial charge in [0.05, 0.1) is 6.61 Å². The lowest BCUT2D eigenvalue weighted by molar-refractivity contribution is 0.305. The van der Waals surface area contributed by atoms with E-state index in [1.54, 1.807) is 18.2 Å². The van der Waals surface area contributed by atoms with E-state index in [0.29, 0.717) is 18.0 Å². The van der Waals surface area contributed by atoms with Crippen LogP contribution in [0, 0.1) is 4.91 Å². The van der Waals surface area contributed by atoms with Gasteiger partial charge in [-0.25, -0.2) is 0 Å². The van der Waals surface area contributed by atoms with Crippen molar-refractivity contribution in [3.05, 3.63) is 29.2 Å². The normalized spacial score (nSPS) is 10.7. The summed E-state index contributed by atoms with van der Waals surface area (Å²) < 4.78 is 5.63. The van der Waals surface area contributed by atoms with Crippen LogP contribution in [0.15, 0.2) is 29.4 Å². The second-order valence-corrected chi connectivity index (χ2v) is 6.30. The Balaban J connectivity index is 1.87. The van der Waals surface area contributed by atoms with Gasteiger partial charge in [0, 0.05) is 0 Å². The molecule has 0 aromatic heterocycles. The number of hydrogen-bond acceptors (Lipinski definition) is 3. The molecule has 0 bridgehead atoms. The van der Waals surface area contributed by atoms with Crippen molar-refractivity contribution < 1.29 is 4.74 Å². The van der Waals surface area contributed by atoms with Crippen LogP contribution in [-0.2, 0) is 0 Å². The molecular formula is C20H33NO2. The maximum Gasteiger partial charge on any atom is 0.149 e. The molecule has 0 saturated carbocycles. The van der Waals surface area contributed by atoms with Gasteiger partial charge >= 0.3 is 0 Å². The predicted octanol–water partition coefficient (Wildman–Crippen LogP) is 7.16. The van der Waals surface area contributed by atoms with Crippen LogP contribution in [0.4, 0.5) is 5.69 Å². The van der Waals surface area contributed by atoms with Crippen molar-refractivity contribution in [2.75, 3.05) is 6.61 Å². The first-order valence-corrected chi connectivity index (χ1v) is 9.43. The highest BCUT2D eigenvalue weighted by molar-refractivity contribution is 5.50. The van der Waals surface area contributed by atoms with E-state index >= 15 is 0 Å². The first-order chi connectivity index (χ1) is 11.4. The second-order valence-electron chi connectivity index (χ2n) is 6.30. The molecule has 0 heterocycles. The quantitative estimate of drug-likeness (QED) is 0.254. The molecule has 3 nitrogen and oxygen atoms in total. The van der Waals surface area contributed by atoms with Gasteiger partial charge in [0.25, 0.3) is 0 Å². The summed E-state index contributed by atoms with van der Waals surface area (Å²) in [7, 11) is 0. The number of hydrogen-bond donors (Lipinski definition) is 0. The highest BCUT2D eigenvalue weighted by atomic mass is 16.5. The van der Waals surface area contributed by atoms with Gasteiger partial charge in [-0.3, -0.25) is 0 Å². The van der Waals surface area contributed by atoms with Crippen LogP contribution in [0.3, 0.4) is 0 Å². The van der Waals surface area contributed by atoms with Gasteiger partial charge in [0.15, 0.2) is 0 Å². The molecule has 0 fully saturated rings. The molecule has 0 aliphatic rings. The molecule has 0 aliphatic carbocycles. The van der Waals surface area contributed by atoms with Gasteiger partial charge in [-0.05, 0) is 23.7 Å². The number of benzene rings is 1. The van der Waals surface area contributed by atoms with Crippen molar-refractivity contribution in [3.8, 4) is 5.75 Å². The SMILES string of the molecule is CCCCCCCCCCCCCCOc1ccccc1N=O. The van der Waals surface area contributed by atoms with E-state index in [1.807, 2.05) is 6.07 Å². The number of nitrogens with zero attached hydrogens (tertiary/aromatic N) is 1. The summed E-state index contributed by atoms with van der Waals surface area (Å²) >= 11 is 0. The minimum atomic E-state index is 0.395. The Hall–Kier alpha value is -1.38. The van der Waals surface area contributed by atoms with E-state index in [-0.39, 0.29) is 0 Å². The zero-order chi connectivity index (χ0) is 16.6. The summed E-state index contributed by atoms with van der Waals surface area (Å²) in [5, 5.41) is 2.98. The molecule has 0 spiro atoms. The van der Waals surface area contributed by atoms with E-state index in [9.17, 15) is 4.91 Å². The fourth-order valence-electron chi connectivity index (χ4n) is 2.78. The highest BCUT2D eigenvalue weighted by Gasteiger charge is 2.02. The summed E-state index contributed by atoms with van der Waals surface area (Å²) in [6, 6.07) is 7.15. The smallest absolute Gasteiger partial charge is 0.149 e. The molecule has 0 aliphatic heterocycles. The lowest BCUT2D eigenvalue weighted by atomic mass is 10.1. The Kier molecular flexibility index (Phi) is 12.2. The molecule has 3 heteroatoms. The highest BCUT2D eigenvalue weighted by Crippen LogP contribution is 2.26. The molecule has 0 unspecified atom stereocenters. The molecule has 1 rings (SSSR count). The summed E-state index contributed by atoms with van der Waals surface area (Å²) in [5.74, 6) is 0.602. The second kappa shape index (κ2) is 14.2. The maximum absolute atomic E-state index is 10.6. The molecule has 23 heavy (non-hydrogen) atoms. The van der Waals surface area contributed by atoms with Crippen LogP contribution < -0.4 is 4.74 Å². The standard InChI is InChI=1S/C20H33NO2/c1-2-3-4-5-6-7-8-9-10-11-12-15-18-23-20-17-14-13-16-19(20)21-22/h13-14,16-17H,2-12,15,18H2,1H3. The maximum atomic E-state index is 10.6. The van der Waals surface area contributed by atoms with Crippen LogP contribution in [0.1, 0.15) is 84.0 Å². The van der Waals surface area contributed by atoms with Crippen molar-refractivity contribution in [1.82, 2.24) is 0 Å². The van der Waals surface area contributed by atoms with Gasteiger partial charge in [0.1, 0.15) is 11.4 Å². The van der Waals surface area contributed by atoms with Crippen LogP contribution in [0.5, 0.6) is 5.75 Å². The molecule has 0 radical (unpaired) electrons. The van der Waals surface area contributed by atoms with Crippen molar-refractivity contribution in [1.29, 1.82) is 0 Å². The molecule has 0 N–H and O–H groups in total. The third-order valence-electron chi connectivity index (χ3n) is 4.22. The van der Waals surface area contributed by atoms with Gasteiger partial charge in [-0.1, -0.05) is 89.7 Å². The fourth-order valence-corrected chi connectivity index (χ4v) is 2.78. The van der Waals surface area contributed by atoms with E-state index in [4.69, 9.17) is 4.74 Å². The first-order valence-electron chi connectivity index (χ1n) is 9.43. The number of para-hydroxylation sites is 1. The number of ether oxygens (including phenoxy) is 1. The van der Waals surface area contributed by atoms with Crippen molar-refractivity contribution in [2.24, 2.45) is 5.18 Å². The Morgan fingerprint density at radius 3 is 1.87 bits per heavy atom. The first kappa shape index (κ1) is 19.7. The number of unbranched alkanes of at least 4 members (excludes halogenated alkanes) is 11. The van der Waals surface area contributed by atoms with E-state index in [1.165, 1.54) is 70.6 Å². The summed E-state index contributed by atoms with van der Waals surface area (Å²) in [4.78, 5) is 10.6. The topological polar surface area (TPSA) is 38.7 Å². The van der Waals surface area contributed by atoms with Crippen LogP contribution >= 0.6 is 0 Å². The van der Waals surface area contributed by atoms with Gasteiger partial charge in [-0.2, -0.15) is 0 Å². The van der Waals surface area contributed by atoms with E-state index in [2.05, 4.69) is 12.1 Å². The molecule has 130 valence electrons. The lowest BCUT2D eigenvalue weighted by Gasteiger charge is -2.07. The van der Waals surface area contributed by atoms with Gasteiger partial charge < -0.3 is 4.74 Å². The van der Waals surface area contributed by atoms with E-state index < -0.39 is 0 Å². The van der Waals surface area contributed by atoms with Crippen molar-refractivity contribution in [3.63, 3.8) is 0 Å². The molecule has 0 saturated heterocycles. The largest absolute Gasteiger partial charge is 0.491 e. The third kappa shape index (κ3) is 10.1. The van der Waals surface area contributed by atoms with Crippen molar-refractivity contribution >= 4 is 5.69 Å². The Labute approximate surface area is 141 Å². The minimum Gasteiger partial charge on any atom is -0.491 e. The minimum absolute atomic E-state index is 0.395. The number of rotatable bonds is 15. The zero-order valence-corrected chi connectivity index (χ0v) is 14.8. The van der Waals surface area contributed by atoms with Crippen LogP contribution in [-0.4, -0.2) is 6.61 Å². The predicted molar refractivity (Wildman–Crippen MR) is 98.5 cm³/mol. The number of nitroso groups, excluding NO2 is 1. The molecule has 0 atom stereocenters. The van der Waals surface area contributed by atoms with Crippen LogP contribution in [0.2, 0.25) is 0 Å². The van der Waals surface area contributed by atoms with E-state index in [0.717, 1.165) is 6.42 Å². The monoisotopic (exact) mass is 319 g/mol. The van der Waals surface area contributed by atoms with Gasteiger partial charge in [-0.15, -0.1) is 4.91 Å².